The van der Waals surface area contributed by atoms with Crippen LogP contribution in [0.2, 0.25) is 0 Å². The second kappa shape index (κ2) is 4.64. The van der Waals surface area contributed by atoms with Gasteiger partial charge in [0.2, 0.25) is 0 Å². The number of nitriles is 1. The van der Waals surface area contributed by atoms with Gasteiger partial charge in [-0.05, 0) is 34.9 Å². The summed E-state index contributed by atoms with van der Waals surface area (Å²) in [6, 6.07) is 19.1. The minimum atomic E-state index is 0.366. The first-order chi connectivity index (χ1) is 8.86. The summed E-state index contributed by atoms with van der Waals surface area (Å²) in [4.78, 5) is 0. The van der Waals surface area contributed by atoms with Crippen LogP contribution < -0.4 is 0 Å². The molecule has 3 rings (SSSR count). The summed E-state index contributed by atoms with van der Waals surface area (Å²) in [5, 5.41) is 8.95. The minimum absolute atomic E-state index is 0.366. The standard InChI is InChI=1S/C16H12NO/c17-10-12-4-3-6-13(8-12)16-7-2-1-5-14(16)9-15-11-18-15/h1-5,7-8,15H,9,11H2. The van der Waals surface area contributed by atoms with Gasteiger partial charge in [0.05, 0.1) is 24.3 Å². The molecule has 1 saturated heterocycles. The van der Waals surface area contributed by atoms with Gasteiger partial charge in [-0.3, -0.25) is 0 Å². The Morgan fingerprint density at radius 1 is 1.33 bits per heavy atom. The summed E-state index contributed by atoms with van der Waals surface area (Å²) in [5.74, 6) is 0. The lowest BCUT2D eigenvalue weighted by Crippen LogP contribution is -1.96. The quantitative estimate of drug-likeness (QED) is 0.765. The Balaban J connectivity index is 2.01. The van der Waals surface area contributed by atoms with Gasteiger partial charge in [0.25, 0.3) is 0 Å². The number of ether oxygens (including phenoxy) is 1. The first-order valence-corrected chi connectivity index (χ1v) is 5.98. The van der Waals surface area contributed by atoms with Gasteiger partial charge in [-0.25, -0.2) is 0 Å². The molecule has 0 aliphatic carbocycles. The van der Waals surface area contributed by atoms with Gasteiger partial charge >= 0.3 is 0 Å². The molecule has 1 heterocycles. The monoisotopic (exact) mass is 234 g/mol. The molecule has 2 nitrogen and oxygen atoms in total. The van der Waals surface area contributed by atoms with Gasteiger partial charge in [0, 0.05) is 6.42 Å². The smallest absolute Gasteiger partial charge is 0.0991 e. The average Bonchev–Trinajstić information content (AvgIpc) is 3.23. The molecular formula is C16H12NO. The van der Waals surface area contributed by atoms with Crippen molar-refractivity contribution < 1.29 is 4.74 Å². The number of hydrogen-bond donors (Lipinski definition) is 0. The van der Waals surface area contributed by atoms with E-state index in [-0.39, 0.29) is 0 Å². The van der Waals surface area contributed by atoms with Gasteiger partial charge < -0.3 is 4.74 Å². The van der Waals surface area contributed by atoms with Crippen LogP contribution in [0.15, 0.2) is 42.5 Å². The van der Waals surface area contributed by atoms with Crippen molar-refractivity contribution in [1.29, 1.82) is 5.26 Å². The molecule has 0 N–H and O–H groups in total. The SMILES string of the molecule is N#Cc1cc[c]c(-c2ccccc2CC2CO2)c1. The molecule has 0 bridgehead atoms. The van der Waals surface area contributed by atoms with Gasteiger partial charge in [0.1, 0.15) is 0 Å². The topological polar surface area (TPSA) is 36.3 Å². The number of hydrogen-bond acceptors (Lipinski definition) is 2. The Morgan fingerprint density at radius 3 is 2.94 bits per heavy atom. The average molecular weight is 234 g/mol. The second-order valence-corrected chi connectivity index (χ2v) is 4.42. The van der Waals surface area contributed by atoms with Crippen molar-refractivity contribution in [2.75, 3.05) is 6.61 Å². The van der Waals surface area contributed by atoms with Crippen LogP contribution in [0.1, 0.15) is 11.1 Å². The number of nitrogens with zero attached hydrogens (tertiary/aromatic N) is 1. The van der Waals surface area contributed by atoms with E-state index in [9.17, 15) is 0 Å². The zero-order valence-electron chi connectivity index (χ0n) is 9.89. The van der Waals surface area contributed by atoms with Crippen molar-refractivity contribution in [3.8, 4) is 17.2 Å². The van der Waals surface area contributed by atoms with Crippen molar-refractivity contribution >= 4 is 0 Å². The summed E-state index contributed by atoms with van der Waals surface area (Å²) in [5.41, 5.74) is 4.04. The normalized spacial score (nSPS) is 17.2. The fraction of sp³-hybridized carbons (Fsp3) is 0.188. The molecule has 1 atom stereocenters. The third kappa shape index (κ3) is 2.27. The Bertz CT molecular complexity index is 608. The zero-order chi connectivity index (χ0) is 12.4. The fourth-order valence-electron chi connectivity index (χ4n) is 2.08. The minimum Gasteiger partial charge on any atom is -0.373 e. The molecule has 2 aromatic carbocycles. The highest BCUT2D eigenvalue weighted by Crippen LogP contribution is 2.27. The Labute approximate surface area is 106 Å². The molecule has 87 valence electrons. The van der Waals surface area contributed by atoms with Gasteiger partial charge in [0.15, 0.2) is 0 Å². The van der Waals surface area contributed by atoms with Crippen LogP contribution in [0.3, 0.4) is 0 Å². The number of rotatable bonds is 3. The molecule has 0 aromatic heterocycles. The summed E-state index contributed by atoms with van der Waals surface area (Å²) < 4.78 is 5.29. The Kier molecular flexibility index (Phi) is 2.84. The first-order valence-electron chi connectivity index (χ1n) is 5.98. The summed E-state index contributed by atoms with van der Waals surface area (Å²) >= 11 is 0. The van der Waals surface area contributed by atoms with E-state index in [1.807, 2.05) is 18.2 Å². The molecular weight excluding hydrogens is 222 g/mol. The van der Waals surface area contributed by atoms with Crippen LogP contribution in [-0.2, 0) is 11.2 Å². The van der Waals surface area contributed by atoms with E-state index < -0.39 is 0 Å². The second-order valence-electron chi connectivity index (χ2n) is 4.42. The maximum Gasteiger partial charge on any atom is 0.0991 e. The molecule has 1 fully saturated rings. The van der Waals surface area contributed by atoms with Crippen LogP contribution in [0.4, 0.5) is 0 Å². The molecule has 1 radical (unpaired) electrons. The summed E-state index contributed by atoms with van der Waals surface area (Å²) in [7, 11) is 0. The molecule has 0 saturated carbocycles. The van der Waals surface area contributed by atoms with Gasteiger partial charge in [-0.2, -0.15) is 5.26 Å². The van der Waals surface area contributed by atoms with Crippen LogP contribution in [-0.4, -0.2) is 12.7 Å². The Morgan fingerprint density at radius 2 is 2.17 bits per heavy atom. The Hall–Kier alpha value is -2.11. The molecule has 2 aromatic rings. The van der Waals surface area contributed by atoms with Crippen LogP contribution >= 0.6 is 0 Å². The molecule has 1 aliphatic rings. The van der Waals surface area contributed by atoms with Crippen molar-refractivity contribution in [2.24, 2.45) is 0 Å². The highest BCUT2D eigenvalue weighted by atomic mass is 16.6. The van der Waals surface area contributed by atoms with Crippen molar-refractivity contribution in [3.63, 3.8) is 0 Å². The zero-order valence-corrected chi connectivity index (χ0v) is 9.89. The van der Waals surface area contributed by atoms with E-state index in [2.05, 4.69) is 24.3 Å². The van der Waals surface area contributed by atoms with Crippen molar-refractivity contribution in [1.82, 2.24) is 0 Å². The van der Waals surface area contributed by atoms with E-state index in [4.69, 9.17) is 10.00 Å². The van der Waals surface area contributed by atoms with E-state index in [1.165, 1.54) is 5.56 Å². The molecule has 0 amide bonds. The predicted octanol–water partition coefficient (Wildman–Crippen LogP) is 2.97. The highest BCUT2D eigenvalue weighted by Gasteiger charge is 2.23. The van der Waals surface area contributed by atoms with Crippen LogP contribution in [0, 0.1) is 17.4 Å². The first kappa shape index (κ1) is 11.0. The van der Waals surface area contributed by atoms with Crippen LogP contribution in [0.5, 0.6) is 0 Å². The predicted molar refractivity (Wildman–Crippen MR) is 68.9 cm³/mol. The van der Waals surface area contributed by atoms with E-state index in [0.717, 1.165) is 24.2 Å². The highest BCUT2D eigenvalue weighted by molar-refractivity contribution is 5.68. The molecule has 1 unspecified atom stereocenters. The largest absolute Gasteiger partial charge is 0.373 e. The van der Waals surface area contributed by atoms with E-state index >= 15 is 0 Å². The van der Waals surface area contributed by atoms with Gasteiger partial charge in [-0.15, -0.1) is 0 Å². The fourth-order valence-corrected chi connectivity index (χ4v) is 2.08. The number of benzene rings is 2. The van der Waals surface area contributed by atoms with Gasteiger partial charge in [-0.1, -0.05) is 30.3 Å². The lowest BCUT2D eigenvalue weighted by atomic mass is 9.96. The molecule has 18 heavy (non-hydrogen) atoms. The van der Waals surface area contributed by atoms with Crippen molar-refractivity contribution in [3.05, 3.63) is 59.7 Å². The maximum atomic E-state index is 8.95. The van der Waals surface area contributed by atoms with Crippen molar-refractivity contribution in [2.45, 2.75) is 12.5 Å². The number of epoxide rings is 1. The summed E-state index contributed by atoms with van der Waals surface area (Å²) in [6.45, 7) is 0.857. The third-order valence-electron chi connectivity index (χ3n) is 3.09. The third-order valence-corrected chi connectivity index (χ3v) is 3.09. The lowest BCUT2D eigenvalue weighted by molar-refractivity contribution is 0.408. The van der Waals surface area contributed by atoms with Crippen LogP contribution in [0.25, 0.3) is 11.1 Å². The summed E-state index contributed by atoms with van der Waals surface area (Å²) in [6.07, 6.45) is 1.30. The molecule has 2 heteroatoms. The maximum absolute atomic E-state index is 8.95. The van der Waals surface area contributed by atoms with E-state index in [1.54, 1.807) is 12.1 Å². The molecule has 0 spiro atoms. The molecule has 1 aliphatic heterocycles. The lowest BCUT2D eigenvalue weighted by Gasteiger charge is -2.08. The van der Waals surface area contributed by atoms with E-state index in [0.29, 0.717) is 11.7 Å².